The molecule has 20 heavy (non-hydrogen) atoms. The van der Waals surface area contributed by atoms with Crippen molar-refractivity contribution >= 4 is 21.5 Å². The maximum Gasteiger partial charge on any atom is 0.0529 e. The number of hydrogen-bond acceptors (Lipinski definition) is 3. The molecule has 0 aliphatic heterocycles. The van der Waals surface area contributed by atoms with Crippen molar-refractivity contribution in [1.29, 1.82) is 0 Å². The average Bonchev–Trinajstić information content (AvgIpc) is 2.57. The van der Waals surface area contributed by atoms with Crippen LogP contribution in [0.3, 0.4) is 0 Å². The highest BCUT2D eigenvalue weighted by Gasteiger charge is 1.97. The Labute approximate surface area is 116 Å². The van der Waals surface area contributed by atoms with Gasteiger partial charge >= 0.3 is 0 Å². The lowest BCUT2D eigenvalue weighted by atomic mass is 10.0. The van der Waals surface area contributed by atoms with Crippen molar-refractivity contribution in [2.45, 2.75) is 0 Å². The van der Waals surface area contributed by atoms with Crippen LogP contribution in [-0.2, 0) is 0 Å². The lowest BCUT2D eigenvalue weighted by Crippen LogP contribution is -1.78. The van der Waals surface area contributed by atoms with E-state index in [1.165, 1.54) is 21.5 Å². The van der Waals surface area contributed by atoms with Crippen LogP contribution >= 0.6 is 0 Å². The van der Waals surface area contributed by atoms with Gasteiger partial charge in [0.1, 0.15) is 0 Å². The molecule has 0 N–H and O–H groups in total. The molecule has 0 amide bonds. The molecule has 0 aliphatic rings. The van der Waals surface area contributed by atoms with Crippen LogP contribution < -0.4 is 0 Å². The smallest absolute Gasteiger partial charge is 0.0529 e. The minimum atomic E-state index is 1.31. The first-order valence-electron chi connectivity index (χ1n) is 6.40. The average molecular weight is 259 g/mol. The number of rotatable bonds is 0. The van der Waals surface area contributed by atoms with Gasteiger partial charge in [-0.25, -0.2) is 0 Å². The molecule has 0 radical (unpaired) electrons. The van der Waals surface area contributed by atoms with Crippen molar-refractivity contribution in [2.75, 3.05) is 0 Å². The summed E-state index contributed by atoms with van der Waals surface area (Å²) in [6, 6.07) is 23.1. The molecule has 0 aliphatic carbocycles. The van der Waals surface area contributed by atoms with Gasteiger partial charge in [0.2, 0.25) is 0 Å². The van der Waals surface area contributed by atoms with E-state index in [4.69, 9.17) is 0 Å². The minimum absolute atomic E-state index is 1.31. The van der Waals surface area contributed by atoms with Crippen molar-refractivity contribution in [3.63, 3.8) is 0 Å². The van der Waals surface area contributed by atoms with Gasteiger partial charge in [0.05, 0.1) is 12.4 Å². The topological polar surface area (TPSA) is 38.7 Å². The molecule has 3 aromatic carbocycles. The first kappa shape index (κ1) is 12.2. The summed E-state index contributed by atoms with van der Waals surface area (Å²) in [6.07, 6.45) is 3.15. The maximum absolute atomic E-state index is 3.42. The lowest BCUT2D eigenvalue weighted by molar-refractivity contribution is 0.865. The molecule has 0 saturated heterocycles. The predicted octanol–water partition coefficient (Wildman–Crippen LogP) is 3.86. The van der Waals surface area contributed by atoms with Gasteiger partial charge in [0.25, 0.3) is 0 Å². The maximum atomic E-state index is 3.42. The third-order valence-corrected chi connectivity index (χ3v) is 3.06. The van der Waals surface area contributed by atoms with Crippen LogP contribution in [0.5, 0.6) is 0 Å². The Morgan fingerprint density at radius 1 is 0.500 bits per heavy atom. The van der Waals surface area contributed by atoms with Crippen LogP contribution in [0.15, 0.2) is 79.1 Å². The number of benzene rings is 3. The monoisotopic (exact) mass is 259 g/mol. The molecule has 0 atom stereocenters. The van der Waals surface area contributed by atoms with E-state index in [1.54, 1.807) is 18.5 Å². The van der Waals surface area contributed by atoms with Crippen molar-refractivity contribution in [1.82, 2.24) is 15.4 Å². The molecule has 0 bridgehead atoms. The fraction of sp³-hybridized carbons (Fsp3) is 0. The Kier molecular flexibility index (Phi) is 3.60. The molecule has 3 nitrogen and oxygen atoms in total. The van der Waals surface area contributed by atoms with Crippen molar-refractivity contribution < 1.29 is 0 Å². The molecule has 1 heterocycles. The molecule has 4 aromatic rings. The molecular formula is C17H13N3. The van der Waals surface area contributed by atoms with Crippen molar-refractivity contribution in [2.24, 2.45) is 0 Å². The highest BCUT2D eigenvalue weighted by Crippen LogP contribution is 2.24. The Morgan fingerprint density at radius 2 is 1.00 bits per heavy atom. The van der Waals surface area contributed by atoms with Gasteiger partial charge < -0.3 is 0 Å². The summed E-state index contributed by atoms with van der Waals surface area (Å²) >= 11 is 0. The van der Waals surface area contributed by atoms with E-state index in [1.807, 2.05) is 0 Å². The van der Waals surface area contributed by atoms with Crippen LogP contribution in [0.25, 0.3) is 21.5 Å². The van der Waals surface area contributed by atoms with Crippen molar-refractivity contribution in [3.05, 3.63) is 79.1 Å². The first-order valence-corrected chi connectivity index (χ1v) is 6.40. The van der Waals surface area contributed by atoms with E-state index in [9.17, 15) is 0 Å². The van der Waals surface area contributed by atoms with Crippen LogP contribution in [-0.4, -0.2) is 15.4 Å². The third-order valence-electron chi connectivity index (χ3n) is 3.06. The van der Waals surface area contributed by atoms with E-state index in [0.29, 0.717) is 0 Å². The van der Waals surface area contributed by atoms with Gasteiger partial charge in [0.15, 0.2) is 0 Å². The predicted molar refractivity (Wildman–Crippen MR) is 81.3 cm³/mol. The van der Waals surface area contributed by atoms with Gasteiger partial charge in [-0.3, -0.25) is 0 Å². The summed E-state index contributed by atoms with van der Waals surface area (Å²) < 4.78 is 0. The quantitative estimate of drug-likeness (QED) is 0.450. The molecule has 3 heteroatoms. The van der Waals surface area contributed by atoms with Crippen LogP contribution in [0.2, 0.25) is 0 Å². The minimum Gasteiger partial charge on any atom is -0.139 e. The van der Waals surface area contributed by atoms with Crippen molar-refractivity contribution in [3.8, 4) is 0 Å². The standard InChI is InChI=1S/C14H10.C3H3N3/c1-3-7-13-11(5-1)9-10-12-6-2-4-8-14(12)13;1-2-4-6-5-3-1/h1-10H;1-3H. The zero-order chi connectivity index (χ0) is 13.6. The first-order chi connectivity index (χ1) is 9.95. The molecular weight excluding hydrogens is 246 g/mol. The molecule has 0 unspecified atom stereocenters. The number of aromatic nitrogens is 3. The normalized spacial score (nSPS) is 10.0. The Morgan fingerprint density at radius 3 is 1.40 bits per heavy atom. The molecule has 96 valence electrons. The highest BCUT2D eigenvalue weighted by molar-refractivity contribution is 6.07. The summed E-state index contributed by atoms with van der Waals surface area (Å²) in [5.74, 6) is 0. The van der Waals surface area contributed by atoms with E-state index >= 15 is 0 Å². The second-order valence-electron chi connectivity index (χ2n) is 4.32. The molecule has 0 spiro atoms. The highest BCUT2D eigenvalue weighted by atomic mass is 15.3. The Bertz CT molecular complexity index is 732. The second-order valence-corrected chi connectivity index (χ2v) is 4.32. The van der Waals surface area contributed by atoms with Gasteiger partial charge in [-0.15, -0.1) is 10.2 Å². The molecule has 0 fully saturated rings. The SMILES string of the molecule is c1ccc2c(c1)ccc1ccccc12.c1cnnnc1. The molecule has 4 rings (SSSR count). The second kappa shape index (κ2) is 5.89. The summed E-state index contributed by atoms with van der Waals surface area (Å²) in [6.45, 7) is 0. The van der Waals surface area contributed by atoms with Gasteiger partial charge in [0, 0.05) is 0 Å². The van der Waals surface area contributed by atoms with Crippen LogP contribution in [0, 0.1) is 0 Å². The van der Waals surface area contributed by atoms with E-state index in [0.717, 1.165) is 0 Å². The number of fused-ring (bicyclic) bond motifs is 3. The summed E-state index contributed by atoms with van der Waals surface area (Å²) in [5, 5.41) is 15.4. The fourth-order valence-electron chi connectivity index (χ4n) is 2.16. The zero-order valence-electron chi connectivity index (χ0n) is 10.8. The largest absolute Gasteiger partial charge is 0.139 e. The summed E-state index contributed by atoms with van der Waals surface area (Å²) in [7, 11) is 0. The van der Waals surface area contributed by atoms with Gasteiger partial charge in [-0.1, -0.05) is 60.7 Å². The van der Waals surface area contributed by atoms with E-state index < -0.39 is 0 Å². The Hall–Kier alpha value is -2.81. The van der Waals surface area contributed by atoms with E-state index in [2.05, 4.69) is 76.1 Å². The van der Waals surface area contributed by atoms with Gasteiger partial charge in [-0.05, 0) is 32.8 Å². The van der Waals surface area contributed by atoms with Crippen LogP contribution in [0.4, 0.5) is 0 Å². The van der Waals surface area contributed by atoms with E-state index in [-0.39, 0.29) is 0 Å². The van der Waals surface area contributed by atoms with Gasteiger partial charge in [-0.2, -0.15) is 0 Å². The Balaban J connectivity index is 0.000000170. The molecule has 1 aromatic heterocycles. The fourth-order valence-corrected chi connectivity index (χ4v) is 2.16. The zero-order valence-corrected chi connectivity index (χ0v) is 10.8. The number of hydrogen-bond donors (Lipinski definition) is 0. The third kappa shape index (κ3) is 2.62. The van der Waals surface area contributed by atoms with Crippen LogP contribution in [0.1, 0.15) is 0 Å². The lowest BCUT2D eigenvalue weighted by Gasteiger charge is -2.02. The summed E-state index contributed by atoms with van der Waals surface area (Å²) in [4.78, 5) is 0. The molecule has 0 saturated carbocycles. The number of nitrogens with zero attached hydrogens (tertiary/aromatic N) is 3. The summed E-state index contributed by atoms with van der Waals surface area (Å²) in [5.41, 5.74) is 0.